The third-order valence-electron chi connectivity index (χ3n) is 4.80. The SMILES string of the molecule is COc1ccc(NC(=O)[C@H]2C[C@H]2c2c(F)cccc2Cl)cc1-n1nnnc1C. The Hall–Kier alpha value is -3.00. The molecule has 2 atom stereocenters. The molecule has 1 saturated carbocycles. The highest BCUT2D eigenvalue weighted by atomic mass is 35.5. The van der Waals surface area contributed by atoms with Gasteiger partial charge in [0.05, 0.1) is 7.11 Å². The Kier molecular flexibility index (Phi) is 4.72. The van der Waals surface area contributed by atoms with Gasteiger partial charge in [-0.2, -0.15) is 4.68 Å². The number of ether oxygens (including phenoxy) is 1. The highest BCUT2D eigenvalue weighted by Crippen LogP contribution is 2.51. The first kappa shape index (κ1) is 18.4. The van der Waals surface area contributed by atoms with Crippen LogP contribution in [0.2, 0.25) is 5.02 Å². The molecule has 0 spiro atoms. The highest BCUT2D eigenvalue weighted by molar-refractivity contribution is 6.31. The van der Waals surface area contributed by atoms with E-state index in [0.717, 1.165) is 0 Å². The summed E-state index contributed by atoms with van der Waals surface area (Å²) in [5, 5.41) is 14.7. The van der Waals surface area contributed by atoms with Crippen LogP contribution in [0.4, 0.5) is 10.1 Å². The zero-order chi connectivity index (χ0) is 19.8. The fourth-order valence-electron chi connectivity index (χ4n) is 3.29. The van der Waals surface area contributed by atoms with E-state index in [0.29, 0.717) is 40.0 Å². The van der Waals surface area contributed by atoms with Gasteiger partial charge in [0.15, 0.2) is 5.82 Å². The number of hydrogen-bond acceptors (Lipinski definition) is 5. The van der Waals surface area contributed by atoms with Crippen molar-refractivity contribution < 1.29 is 13.9 Å². The van der Waals surface area contributed by atoms with Crippen molar-refractivity contribution >= 4 is 23.2 Å². The van der Waals surface area contributed by atoms with Gasteiger partial charge in [-0.05, 0) is 54.1 Å². The summed E-state index contributed by atoms with van der Waals surface area (Å²) in [6.07, 6.45) is 0.557. The van der Waals surface area contributed by atoms with E-state index in [4.69, 9.17) is 16.3 Å². The van der Waals surface area contributed by atoms with Crippen LogP contribution in [0.1, 0.15) is 23.7 Å². The van der Waals surface area contributed by atoms with Crippen LogP contribution in [0.15, 0.2) is 36.4 Å². The molecule has 2 aromatic carbocycles. The predicted octanol–water partition coefficient (Wildman–Crippen LogP) is 3.51. The van der Waals surface area contributed by atoms with E-state index in [2.05, 4.69) is 20.8 Å². The van der Waals surface area contributed by atoms with Gasteiger partial charge < -0.3 is 10.1 Å². The summed E-state index contributed by atoms with van der Waals surface area (Å²) in [6.45, 7) is 1.76. The molecule has 1 aliphatic rings. The van der Waals surface area contributed by atoms with Crippen LogP contribution in [0.3, 0.4) is 0 Å². The number of halogens is 2. The molecule has 1 heterocycles. The fourth-order valence-corrected chi connectivity index (χ4v) is 3.59. The number of benzene rings is 2. The van der Waals surface area contributed by atoms with Gasteiger partial charge >= 0.3 is 0 Å². The fraction of sp³-hybridized carbons (Fsp3) is 0.263. The molecule has 0 bridgehead atoms. The summed E-state index contributed by atoms with van der Waals surface area (Å²) >= 11 is 6.11. The van der Waals surface area contributed by atoms with Crippen LogP contribution in [0.25, 0.3) is 5.69 Å². The van der Waals surface area contributed by atoms with E-state index in [1.54, 1.807) is 44.4 Å². The molecule has 1 amide bonds. The molecule has 1 aromatic heterocycles. The number of anilines is 1. The molecular formula is C19H17ClFN5O2. The number of carbonyl (C=O) groups excluding carboxylic acids is 1. The zero-order valence-corrected chi connectivity index (χ0v) is 15.9. The standard InChI is InChI=1S/C19H17ClFN5O2/c1-10-23-24-25-26(10)16-8-11(6-7-17(16)28-2)22-19(27)13-9-12(13)18-14(20)4-3-5-15(18)21/h3-8,12-13H,9H2,1-2H3,(H,22,27)/t12-,13+/m1/s1. The zero-order valence-electron chi connectivity index (χ0n) is 15.2. The molecule has 7 nitrogen and oxygen atoms in total. The van der Waals surface area contributed by atoms with Gasteiger partial charge in [-0.15, -0.1) is 5.10 Å². The Morgan fingerprint density at radius 1 is 1.36 bits per heavy atom. The van der Waals surface area contributed by atoms with Crippen molar-refractivity contribution in [3.63, 3.8) is 0 Å². The smallest absolute Gasteiger partial charge is 0.228 e. The molecule has 4 rings (SSSR count). The summed E-state index contributed by atoms with van der Waals surface area (Å²) in [7, 11) is 1.55. The summed E-state index contributed by atoms with van der Waals surface area (Å²) < 4.78 is 21.0. The van der Waals surface area contributed by atoms with Gasteiger partial charge in [0.2, 0.25) is 5.91 Å². The molecule has 144 valence electrons. The molecule has 28 heavy (non-hydrogen) atoms. The Labute approximate surface area is 165 Å². The third-order valence-corrected chi connectivity index (χ3v) is 5.13. The number of aryl methyl sites for hydroxylation is 1. The minimum atomic E-state index is -0.381. The van der Waals surface area contributed by atoms with Crippen molar-refractivity contribution in [3.8, 4) is 11.4 Å². The lowest BCUT2D eigenvalue weighted by Gasteiger charge is -2.12. The lowest BCUT2D eigenvalue weighted by molar-refractivity contribution is -0.117. The second-order valence-corrected chi connectivity index (χ2v) is 7.01. The van der Waals surface area contributed by atoms with Crippen molar-refractivity contribution in [1.29, 1.82) is 0 Å². The maximum absolute atomic E-state index is 14.1. The number of rotatable bonds is 5. The van der Waals surface area contributed by atoms with Gasteiger partial charge in [-0.3, -0.25) is 4.79 Å². The maximum Gasteiger partial charge on any atom is 0.228 e. The number of nitrogens with zero attached hydrogens (tertiary/aromatic N) is 4. The van der Waals surface area contributed by atoms with Gasteiger partial charge in [-0.1, -0.05) is 17.7 Å². The quantitative estimate of drug-likeness (QED) is 0.707. The second kappa shape index (κ2) is 7.20. The summed E-state index contributed by atoms with van der Waals surface area (Å²) in [4.78, 5) is 12.6. The molecule has 0 unspecified atom stereocenters. The third kappa shape index (κ3) is 3.31. The van der Waals surface area contributed by atoms with E-state index in [1.165, 1.54) is 10.7 Å². The molecule has 1 N–H and O–H groups in total. The number of aromatic nitrogens is 4. The number of nitrogens with one attached hydrogen (secondary N) is 1. The van der Waals surface area contributed by atoms with Crippen molar-refractivity contribution in [2.45, 2.75) is 19.3 Å². The normalized spacial score (nSPS) is 18.0. The van der Waals surface area contributed by atoms with Gasteiger partial charge in [0, 0.05) is 28.1 Å². The molecular weight excluding hydrogens is 385 g/mol. The van der Waals surface area contributed by atoms with Crippen molar-refractivity contribution in [2.24, 2.45) is 5.92 Å². The number of methoxy groups -OCH3 is 1. The minimum absolute atomic E-state index is 0.186. The van der Waals surface area contributed by atoms with E-state index in [1.807, 2.05) is 0 Å². The lowest BCUT2D eigenvalue weighted by atomic mass is 10.1. The molecule has 1 fully saturated rings. The van der Waals surface area contributed by atoms with Crippen LogP contribution in [-0.2, 0) is 4.79 Å². The number of amides is 1. The first-order chi connectivity index (χ1) is 13.5. The average Bonchev–Trinajstić information content (AvgIpc) is 3.34. The highest BCUT2D eigenvalue weighted by Gasteiger charge is 2.46. The van der Waals surface area contributed by atoms with E-state index in [-0.39, 0.29) is 23.6 Å². The topological polar surface area (TPSA) is 81.9 Å². The average molecular weight is 402 g/mol. The Morgan fingerprint density at radius 3 is 2.86 bits per heavy atom. The van der Waals surface area contributed by atoms with Gasteiger partial charge in [0.25, 0.3) is 0 Å². The Morgan fingerprint density at radius 2 is 2.18 bits per heavy atom. The van der Waals surface area contributed by atoms with Crippen molar-refractivity contribution in [2.75, 3.05) is 12.4 Å². The van der Waals surface area contributed by atoms with Crippen molar-refractivity contribution in [1.82, 2.24) is 20.2 Å². The molecule has 0 aliphatic heterocycles. The summed E-state index contributed by atoms with van der Waals surface area (Å²) in [5.74, 6) is 0.0412. The van der Waals surface area contributed by atoms with E-state index in [9.17, 15) is 9.18 Å². The van der Waals surface area contributed by atoms with E-state index < -0.39 is 0 Å². The summed E-state index contributed by atoms with van der Waals surface area (Å²) in [5.41, 5.74) is 1.58. The predicted molar refractivity (Wildman–Crippen MR) is 101 cm³/mol. The van der Waals surface area contributed by atoms with Crippen LogP contribution in [-0.4, -0.2) is 33.2 Å². The van der Waals surface area contributed by atoms with E-state index >= 15 is 0 Å². The van der Waals surface area contributed by atoms with Crippen LogP contribution in [0.5, 0.6) is 5.75 Å². The lowest BCUT2D eigenvalue weighted by Crippen LogP contribution is -2.15. The summed E-state index contributed by atoms with van der Waals surface area (Å²) in [6, 6.07) is 9.74. The number of hydrogen-bond donors (Lipinski definition) is 1. The van der Waals surface area contributed by atoms with Crippen LogP contribution in [0, 0.1) is 18.7 Å². The number of tetrazole rings is 1. The molecule has 0 saturated heterocycles. The first-order valence-corrected chi connectivity index (χ1v) is 9.05. The van der Waals surface area contributed by atoms with Gasteiger partial charge in [0.1, 0.15) is 17.3 Å². The first-order valence-electron chi connectivity index (χ1n) is 8.67. The number of carbonyl (C=O) groups is 1. The molecule has 3 aromatic rings. The molecule has 1 aliphatic carbocycles. The monoisotopic (exact) mass is 401 g/mol. The Bertz CT molecular complexity index is 1030. The van der Waals surface area contributed by atoms with Crippen LogP contribution >= 0.6 is 11.6 Å². The minimum Gasteiger partial charge on any atom is -0.494 e. The van der Waals surface area contributed by atoms with Crippen molar-refractivity contribution in [3.05, 3.63) is 58.6 Å². The van der Waals surface area contributed by atoms with Crippen LogP contribution < -0.4 is 10.1 Å². The largest absolute Gasteiger partial charge is 0.494 e. The maximum atomic E-state index is 14.1. The molecule has 0 radical (unpaired) electrons. The molecule has 9 heteroatoms. The Balaban J connectivity index is 1.54. The second-order valence-electron chi connectivity index (χ2n) is 6.60. The van der Waals surface area contributed by atoms with Gasteiger partial charge in [-0.25, -0.2) is 4.39 Å².